The van der Waals surface area contributed by atoms with Crippen LogP contribution in [-0.2, 0) is 13.2 Å². The number of aromatic amines is 1. The third-order valence-corrected chi connectivity index (χ3v) is 3.14. The molecule has 2 aromatic rings. The highest BCUT2D eigenvalue weighted by molar-refractivity contribution is 5.39. The Kier molecular flexibility index (Phi) is 3.56. The fourth-order valence-corrected chi connectivity index (χ4v) is 2.13. The van der Waals surface area contributed by atoms with E-state index in [1.165, 1.54) is 0 Å². The number of aliphatic hydroxyl groups is 1. The Morgan fingerprint density at radius 2 is 2.29 bits per heavy atom. The molecule has 1 atom stereocenters. The molecule has 4 nitrogen and oxygen atoms in total. The Balaban J connectivity index is 2.44. The van der Waals surface area contributed by atoms with Gasteiger partial charge in [-0.05, 0) is 16.7 Å². The lowest BCUT2D eigenvalue weighted by molar-refractivity contribution is 0.280. The lowest BCUT2D eigenvalue weighted by atomic mass is 9.90. The van der Waals surface area contributed by atoms with Crippen LogP contribution in [0, 0.1) is 0 Å². The van der Waals surface area contributed by atoms with Crippen LogP contribution in [0.1, 0.15) is 35.2 Å². The summed E-state index contributed by atoms with van der Waals surface area (Å²) in [7, 11) is 0. The standard InChI is InChI=1S/C13H17N3O/c1-9(13-6-15-8-16-13)11-4-2-3-10(7-17)12(11)5-14/h2-4,6,8-9,17H,5,7,14H2,1H3,(H,15,16). The van der Waals surface area contributed by atoms with E-state index in [1.807, 2.05) is 24.4 Å². The maximum Gasteiger partial charge on any atom is 0.0921 e. The minimum absolute atomic E-state index is 0.0239. The number of hydrogen-bond donors (Lipinski definition) is 3. The van der Waals surface area contributed by atoms with Gasteiger partial charge in [0.1, 0.15) is 0 Å². The first-order valence-corrected chi connectivity index (χ1v) is 5.67. The van der Waals surface area contributed by atoms with Crippen LogP contribution in [-0.4, -0.2) is 15.1 Å². The predicted molar refractivity (Wildman–Crippen MR) is 66.4 cm³/mol. The van der Waals surface area contributed by atoms with Gasteiger partial charge in [-0.25, -0.2) is 4.98 Å². The fraction of sp³-hybridized carbons (Fsp3) is 0.308. The minimum atomic E-state index is 0.0239. The monoisotopic (exact) mass is 231 g/mol. The van der Waals surface area contributed by atoms with E-state index in [2.05, 4.69) is 16.9 Å². The molecule has 1 aromatic carbocycles. The Morgan fingerprint density at radius 3 is 2.88 bits per heavy atom. The molecule has 0 radical (unpaired) electrons. The molecule has 1 aromatic heterocycles. The normalized spacial score (nSPS) is 12.6. The first-order valence-electron chi connectivity index (χ1n) is 5.67. The molecule has 0 aliphatic carbocycles. The van der Waals surface area contributed by atoms with E-state index >= 15 is 0 Å². The Morgan fingerprint density at radius 1 is 1.47 bits per heavy atom. The van der Waals surface area contributed by atoms with Crippen molar-refractivity contribution in [3.05, 3.63) is 53.1 Å². The van der Waals surface area contributed by atoms with Crippen molar-refractivity contribution >= 4 is 0 Å². The minimum Gasteiger partial charge on any atom is -0.392 e. The van der Waals surface area contributed by atoms with Crippen molar-refractivity contribution in [1.82, 2.24) is 9.97 Å². The second-order valence-corrected chi connectivity index (χ2v) is 4.08. The van der Waals surface area contributed by atoms with Crippen molar-refractivity contribution in [2.75, 3.05) is 0 Å². The molecular formula is C13H17N3O. The van der Waals surface area contributed by atoms with Crippen molar-refractivity contribution in [3.63, 3.8) is 0 Å². The fourth-order valence-electron chi connectivity index (χ4n) is 2.13. The van der Waals surface area contributed by atoms with E-state index in [0.29, 0.717) is 6.54 Å². The number of H-pyrrole nitrogens is 1. The van der Waals surface area contributed by atoms with Gasteiger partial charge in [0.05, 0.1) is 12.9 Å². The van der Waals surface area contributed by atoms with Gasteiger partial charge in [0, 0.05) is 24.4 Å². The number of benzene rings is 1. The highest BCUT2D eigenvalue weighted by atomic mass is 16.3. The second-order valence-electron chi connectivity index (χ2n) is 4.08. The van der Waals surface area contributed by atoms with Crippen molar-refractivity contribution in [3.8, 4) is 0 Å². The van der Waals surface area contributed by atoms with E-state index in [0.717, 1.165) is 22.4 Å². The van der Waals surface area contributed by atoms with Crippen LogP contribution >= 0.6 is 0 Å². The molecule has 0 amide bonds. The summed E-state index contributed by atoms with van der Waals surface area (Å²) in [5.41, 5.74) is 9.90. The first-order chi connectivity index (χ1) is 8.27. The van der Waals surface area contributed by atoms with Gasteiger partial charge in [-0.15, -0.1) is 0 Å². The predicted octanol–water partition coefficient (Wildman–Crippen LogP) is 1.51. The van der Waals surface area contributed by atoms with Crippen LogP contribution in [0.15, 0.2) is 30.7 Å². The summed E-state index contributed by atoms with van der Waals surface area (Å²) in [6.45, 7) is 2.56. The van der Waals surface area contributed by atoms with Crippen molar-refractivity contribution in [2.45, 2.75) is 26.0 Å². The lowest BCUT2D eigenvalue weighted by Gasteiger charge is -2.17. The quantitative estimate of drug-likeness (QED) is 0.746. The maximum absolute atomic E-state index is 9.31. The van der Waals surface area contributed by atoms with Crippen LogP contribution in [0.25, 0.3) is 0 Å². The Labute approximate surface area is 101 Å². The molecule has 4 N–H and O–H groups in total. The molecule has 0 bridgehead atoms. The van der Waals surface area contributed by atoms with E-state index in [-0.39, 0.29) is 12.5 Å². The first kappa shape index (κ1) is 11.8. The molecule has 0 aliphatic rings. The molecule has 90 valence electrons. The SMILES string of the molecule is CC(c1cnc[nH]1)c1cccc(CO)c1CN. The smallest absolute Gasteiger partial charge is 0.0921 e. The highest BCUT2D eigenvalue weighted by Gasteiger charge is 2.15. The molecule has 17 heavy (non-hydrogen) atoms. The van der Waals surface area contributed by atoms with Gasteiger partial charge in [0.15, 0.2) is 0 Å². The van der Waals surface area contributed by atoms with Crippen LogP contribution in [0.3, 0.4) is 0 Å². The van der Waals surface area contributed by atoms with Gasteiger partial charge in [0.25, 0.3) is 0 Å². The summed E-state index contributed by atoms with van der Waals surface area (Å²) in [4.78, 5) is 7.14. The zero-order valence-corrected chi connectivity index (χ0v) is 9.85. The molecule has 0 spiro atoms. The average molecular weight is 231 g/mol. The molecule has 0 saturated heterocycles. The van der Waals surface area contributed by atoms with Crippen molar-refractivity contribution < 1.29 is 5.11 Å². The molecular weight excluding hydrogens is 214 g/mol. The van der Waals surface area contributed by atoms with Gasteiger partial charge >= 0.3 is 0 Å². The zero-order chi connectivity index (χ0) is 12.3. The largest absolute Gasteiger partial charge is 0.392 e. The van der Waals surface area contributed by atoms with E-state index in [1.54, 1.807) is 6.33 Å². The second kappa shape index (κ2) is 5.12. The van der Waals surface area contributed by atoms with Crippen molar-refractivity contribution in [1.29, 1.82) is 0 Å². The summed E-state index contributed by atoms with van der Waals surface area (Å²) in [5.74, 6) is 0.197. The number of aliphatic hydroxyl groups excluding tert-OH is 1. The van der Waals surface area contributed by atoms with Crippen LogP contribution in [0.2, 0.25) is 0 Å². The van der Waals surface area contributed by atoms with E-state index in [9.17, 15) is 5.11 Å². The summed E-state index contributed by atoms with van der Waals surface area (Å²) >= 11 is 0. The molecule has 2 rings (SSSR count). The molecule has 1 unspecified atom stereocenters. The van der Waals surface area contributed by atoms with Gasteiger partial charge in [-0.3, -0.25) is 0 Å². The van der Waals surface area contributed by atoms with Gasteiger partial charge < -0.3 is 15.8 Å². The Hall–Kier alpha value is -1.65. The zero-order valence-electron chi connectivity index (χ0n) is 9.85. The molecule has 1 heterocycles. The van der Waals surface area contributed by atoms with Crippen molar-refractivity contribution in [2.24, 2.45) is 5.73 Å². The Bertz CT molecular complexity index is 479. The third kappa shape index (κ3) is 2.23. The molecule has 0 saturated carbocycles. The average Bonchev–Trinajstić information content (AvgIpc) is 2.90. The molecule has 0 aliphatic heterocycles. The number of nitrogens with two attached hydrogens (primary N) is 1. The lowest BCUT2D eigenvalue weighted by Crippen LogP contribution is -2.09. The molecule has 4 heteroatoms. The van der Waals surface area contributed by atoms with E-state index in [4.69, 9.17) is 5.73 Å². The summed E-state index contributed by atoms with van der Waals surface area (Å²) in [5, 5.41) is 9.31. The summed E-state index contributed by atoms with van der Waals surface area (Å²) < 4.78 is 0. The topological polar surface area (TPSA) is 74.9 Å². The highest BCUT2D eigenvalue weighted by Crippen LogP contribution is 2.27. The maximum atomic E-state index is 9.31. The number of aromatic nitrogens is 2. The summed E-state index contributed by atoms with van der Waals surface area (Å²) in [6.07, 6.45) is 3.49. The molecule has 0 fully saturated rings. The third-order valence-electron chi connectivity index (χ3n) is 3.14. The van der Waals surface area contributed by atoms with Crippen LogP contribution in [0.4, 0.5) is 0 Å². The van der Waals surface area contributed by atoms with Gasteiger partial charge in [-0.2, -0.15) is 0 Å². The number of nitrogens with one attached hydrogen (secondary N) is 1. The number of nitrogens with zero attached hydrogens (tertiary/aromatic N) is 1. The van der Waals surface area contributed by atoms with Gasteiger partial charge in [-0.1, -0.05) is 25.1 Å². The summed E-state index contributed by atoms with van der Waals surface area (Å²) in [6, 6.07) is 5.91. The number of hydrogen-bond acceptors (Lipinski definition) is 3. The number of imidazole rings is 1. The van der Waals surface area contributed by atoms with Crippen LogP contribution in [0.5, 0.6) is 0 Å². The van der Waals surface area contributed by atoms with Crippen LogP contribution < -0.4 is 5.73 Å². The number of rotatable bonds is 4. The van der Waals surface area contributed by atoms with E-state index < -0.39 is 0 Å². The van der Waals surface area contributed by atoms with Gasteiger partial charge in [0.2, 0.25) is 0 Å².